The largest absolute Gasteiger partial charge is 0.507 e. The van der Waals surface area contributed by atoms with Gasteiger partial charge in [-0.05, 0) is 37.5 Å². The Morgan fingerprint density at radius 1 is 1.39 bits per heavy atom. The van der Waals surface area contributed by atoms with Crippen LogP contribution in [0.5, 0.6) is 5.75 Å². The van der Waals surface area contributed by atoms with E-state index in [2.05, 4.69) is 0 Å². The minimum Gasteiger partial charge on any atom is -0.507 e. The molecule has 0 radical (unpaired) electrons. The lowest BCUT2D eigenvalue weighted by atomic mass is 9.96. The van der Waals surface area contributed by atoms with E-state index in [1.807, 2.05) is 0 Å². The third-order valence-corrected chi connectivity index (χ3v) is 3.16. The monoisotopic (exact) mass is 268 g/mol. The number of hydrogen-bond acceptors (Lipinski definition) is 4. The Hall–Kier alpha value is -1.55. The summed E-state index contributed by atoms with van der Waals surface area (Å²) in [4.78, 5) is 23.4. The average Bonchev–Trinajstić information content (AvgIpc) is 2.32. The summed E-state index contributed by atoms with van der Waals surface area (Å²) in [6, 6.07) is 4.13. The Labute approximate surface area is 110 Å². The number of carbonyl (C=O) groups excluding carboxylic acids is 2. The van der Waals surface area contributed by atoms with Crippen molar-refractivity contribution >= 4 is 23.4 Å². The SMILES string of the molecule is O=C(O[C@H]1CCCCC1=O)c1ccc(Cl)cc1O. The molecule has 5 heteroatoms. The normalized spacial score (nSPS) is 19.6. The molecule has 0 aliphatic heterocycles. The molecule has 1 saturated carbocycles. The van der Waals surface area contributed by atoms with Crippen molar-refractivity contribution in [2.75, 3.05) is 0 Å². The van der Waals surface area contributed by atoms with Crippen molar-refractivity contribution in [2.24, 2.45) is 0 Å². The van der Waals surface area contributed by atoms with Gasteiger partial charge in [-0.25, -0.2) is 4.79 Å². The van der Waals surface area contributed by atoms with Crippen LogP contribution in [0.1, 0.15) is 36.0 Å². The first kappa shape index (κ1) is 12.9. The number of ether oxygens (including phenoxy) is 1. The number of aromatic hydroxyl groups is 1. The lowest BCUT2D eigenvalue weighted by molar-refractivity contribution is -0.129. The second-order valence-electron chi connectivity index (χ2n) is 4.27. The third kappa shape index (κ3) is 2.82. The lowest BCUT2D eigenvalue weighted by Gasteiger charge is -2.20. The minimum absolute atomic E-state index is 0.0257. The van der Waals surface area contributed by atoms with Gasteiger partial charge in [0.2, 0.25) is 0 Å². The zero-order valence-corrected chi connectivity index (χ0v) is 10.4. The summed E-state index contributed by atoms with van der Waals surface area (Å²) in [6.45, 7) is 0. The fraction of sp³-hybridized carbons (Fsp3) is 0.385. The van der Waals surface area contributed by atoms with E-state index >= 15 is 0 Å². The molecular weight excluding hydrogens is 256 g/mol. The van der Waals surface area contributed by atoms with Crippen molar-refractivity contribution < 1.29 is 19.4 Å². The summed E-state index contributed by atoms with van der Waals surface area (Å²) in [6.07, 6.45) is 2.04. The summed E-state index contributed by atoms with van der Waals surface area (Å²) in [5.74, 6) is -0.983. The van der Waals surface area contributed by atoms with Crippen molar-refractivity contribution in [3.63, 3.8) is 0 Å². The predicted molar refractivity (Wildman–Crippen MR) is 65.8 cm³/mol. The molecule has 0 bridgehead atoms. The summed E-state index contributed by atoms with van der Waals surface area (Å²) in [7, 11) is 0. The van der Waals surface area contributed by atoms with Crippen molar-refractivity contribution in [3.05, 3.63) is 28.8 Å². The summed E-state index contributed by atoms with van der Waals surface area (Å²) >= 11 is 5.67. The maximum absolute atomic E-state index is 11.8. The fourth-order valence-electron chi connectivity index (χ4n) is 1.95. The minimum atomic E-state index is -0.690. The first-order valence-electron chi connectivity index (χ1n) is 5.80. The van der Waals surface area contributed by atoms with Crippen molar-refractivity contribution in [1.82, 2.24) is 0 Å². The molecule has 0 aromatic heterocycles. The quantitative estimate of drug-likeness (QED) is 0.838. The number of benzene rings is 1. The van der Waals surface area contributed by atoms with E-state index in [1.54, 1.807) is 0 Å². The molecule has 1 atom stereocenters. The molecule has 1 fully saturated rings. The first-order valence-corrected chi connectivity index (χ1v) is 6.18. The number of Topliss-reactive ketones (excluding diaryl/α,β-unsaturated/α-hetero) is 1. The highest BCUT2D eigenvalue weighted by atomic mass is 35.5. The van der Waals surface area contributed by atoms with Crippen LogP contribution in [0.25, 0.3) is 0 Å². The first-order chi connectivity index (χ1) is 8.58. The van der Waals surface area contributed by atoms with E-state index in [4.69, 9.17) is 16.3 Å². The van der Waals surface area contributed by atoms with Gasteiger partial charge in [0.1, 0.15) is 11.3 Å². The number of carbonyl (C=O) groups is 2. The van der Waals surface area contributed by atoms with Gasteiger partial charge in [0.15, 0.2) is 11.9 Å². The predicted octanol–water partition coefficient (Wildman–Crippen LogP) is 2.71. The van der Waals surface area contributed by atoms with Crippen molar-refractivity contribution in [1.29, 1.82) is 0 Å². The molecule has 4 nitrogen and oxygen atoms in total. The molecule has 1 N–H and O–H groups in total. The Morgan fingerprint density at radius 2 is 2.17 bits per heavy atom. The summed E-state index contributed by atoms with van der Waals surface area (Å²) in [5, 5.41) is 9.92. The summed E-state index contributed by atoms with van der Waals surface area (Å²) in [5.41, 5.74) is 0.0257. The number of phenols is 1. The fourth-order valence-corrected chi connectivity index (χ4v) is 2.11. The number of phenolic OH excluding ortho intramolecular Hbond substituents is 1. The van der Waals surface area contributed by atoms with Crippen LogP contribution in [-0.2, 0) is 9.53 Å². The number of rotatable bonds is 2. The molecule has 0 amide bonds. The van der Waals surface area contributed by atoms with Crippen LogP contribution in [-0.4, -0.2) is 23.0 Å². The molecule has 18 heavy (non-hydrogen) atoms. The standard InChI is InChI=1S/C13H13ClO4/c14-8-5-6-9(11(16)7-8)13(17)18-12-4-2-1-3-10(12)15/h5-7,12,16H,1-4H2/t12-/m0/s1. The number of halogens is 1. The highest BCUT2D eigenvalue weighted by Crippen LogP contribution is 2.24. The molecule has 96 valence electrons. The Balaban J connectivity index is 2.09. The van der Waals surface area contributed by atoms with E-state index < -0.39 is 12.1 Å². The maximum Gasteiger partial charge on any atom is 0.342 e. The molecular formula is C13H13ClO4. The van der Waals surface area contributed by atoms with Crippen molar-refractivity contribution in [2.45, 2.75) is 31.8 Å². The topological polar surface area (TPSA) is 63.6 Å². The molecule has 0 spiro atoms. The van der Waals surface area contributed by atoms with Gasteiger partial charge in [-0.1, -0.05) is 11.6 Å². The van der Waals surface area contributed by atoms with Crippen LogP contribution >= 0.6 is 11.6 Å². The van der Waals surface area contributed by atoms with Crippen molar-refractivity contribution in [3.8, 4) is 5.75 Å². The van der Waals surface area contributed by atoms with E-state index in [9.17, 15) is 14.7 Å². The molecule has 1 aromatic carbocycles. The highest BCUT2D eigenvalue weighted by molar-refractivity contribution is 6.30. The van der Waals surface area contributed by atoms with Crippen LogP contribution in [0.3, 0.4) is 0 Å². The smallest absolute Gasteiger partial charge is 0.342 e. The zero-order chi connectivity index (χ0) is 13.1. The Morgan fingerprint density at radius 3 is 2.83 bits per heavy atom. The number of esters is 1. The highest BCUT2D eigenvalue weighted by Gasteiger charge is 2.27. The van der Waals surface area contributed by atoms with Crippen LogP contribution in [0.2, 0.25) is 5.02 Å². The number of ketones is 1. The Kier molecular flexibility index (Phi) is 3.87. The van der Waals surface area contributed by atoms with E-state index in [1.165, 1.54) is 18.2 Å². The average molecular weight is 269 g/mol. The maximum atomic E-state index is 11.8. The molecule has 1 aliphatic rings. The van der Waals surface area contributed by atoms with Gasteiger partial charge in [0, 0.05) is 11.4 Å². The van der Waals surface area contributed by atoms with Gasteiger partial charge in [-0.15, -0.1) is 0 Å². The van der Waals surface area contributed by atoms with Gasteiger partial charge >= 0.3 is 5.97 Å². The van der Waals surface area contributed by atoms with Crippen LogP contribution in [0.4, 0.5) is 0 Å². The molecule has 1 aromatic rings. The lowest BCUT2D eigenvalue weighted by Crippen LogP contribution is -2.30. The molecule has 0 unspecified atom stereocenters. The van der Waals surface area contributed by atoms with Crippen LogP contribution in [0, 0.1) is 0 Å². The van der Waals surface area contributed by atoms with Crippen LogP contribution in [0.15, 0.2) is 18.2 Å². The van der Waals surface area contributed by atoms with Gasteiger partial charge in [0.25, 0.3) is 0 Å². The van der Waals surface area contributed by atoms with E-state index in [0.29, 0.717) is 17.9 Å². The van der Waals surface area contributed by atoms with Gasteiger partial charge < -0.3 is 9.84 Å². The molecule has 1 aliphatic carbocycles. The van der Waals surface area contributed by atoms with E-state index in [0.717, 1.165) is 12.8 Å². The number of hydrogen-bond donors (Lipinski definition) is 1. The zero-order valence-electron chi connectivity index (χ0n) is 9.69. The van der Waals surface area contributed by atoms with Crippen LogP contribution < -0.4 is 0 Å². The Bertz CT molecular complexity index is 484. The van der Waals surface area contributed by atoms with Gasteiger partial charge in [-0.2, -0.15) is 0 Å². The van der Waals surface area contributed by atoms with E-state index in [-0.39, 0.29) is 17.1 Å². The molecule has 0 saturated heterocycles. The van der Waals surface area contributed by atoms with Gasteiger partial charge in [0.05, 0.1) is 0 Å². The third-order valence-electron chi connectivity index (χ3n) is 2.93. The summed E-state index contributed by atoms with van der Waals surface area (Å²) < 4.78 is 5.12. The molecule has 2 rings (SSSR count). The second-order valence-corrected chi connectivity index (χ2v) is 4.70. The second kappa shape index (κ2) is 5.40. The van der Waals surface area contributed by atoms with Gasteiger partial charge in [-0.3, -0.25) is 4.79 Å². The molecule has 0 heterocycles.